The highest BCUT2D eigenvalue weighted by Gasteiger charge is 2.25. The van der Waals surface area contributed by atoms with Crippen LogP contribution in [-0.4, -0.2) is 34.7 Å². The van der Waals surface area contributed by atoms with E-state index >= 15 is 0 Å². The van der Waals surface area contributed by atoms with E-state index in [-0.39, 0.29) is 31.4 Å². The van der Waals surface area contributed by atoms with Crippen LogP contribution in [0.3, 0.4) is 0 Å². The lowest BCUT2D eigenvalue weighted by molar-refractivity contribution is -0.121. The third-order valence-corrected chi connectivity index (χ3v) is 5.43. The molecule has 4 rings (SSSR count). The molecule has 30 heavy (non-hydrogen) atoms. The van der Waals surface area contributed by atoms with Crippen molar-refractivity contribution in [2.24, 2.45) is 0 Å². The second kappa shape index (κ2) is 8.77. The van der Waals surface area contributed by atoms with Crippen molar-refractivity contribution in [2.45, 2.75) is 13.0 Å². The molecule has 0 aliphatic carbocycles. The Balaban J connectivity index is 1.41. The van der Waals surface area contributed by atoms with Crippen LogP contribution >= 0.6 is 23.2 Å². The summed E-state index contributed by atoms with van der Waals surface area (Å²) in [7, 11) is 0. The van der Waals surface area contributed by atoms with Crippen LogP contribution in [0.25, 0.3) is 0 Å². The van der Waals surface area contributed by atoms with E-state index in [4.69, 9.17) is 27.9 Å². The summed E-state index contributed by atoms with van der Waals surface area (Å²) in [4.78, 5) is 26.3. The lowest BCUT2D eigenvalue weighted by Crippen LogP contribution is -2.40. The van der Waals surface area contributed by atoms with Crippen LogP contribution < -0.4 is 15.0 Å². The zero-order chi connectivity index (χ0) is 21.1. The van der Waals surface area contributed by atoms with Crippen molar-refractivity contribution in [3.63, 3.8) is 0 Å². The van der Waals surface area contributed by atoms with Crippen molar-refractivity contribution >= 4 is 46.5 Å². The number of para-hydroxylation sites is 2. The van der Waals surface area contributed by atoms with Gasteiger partial charge < -0.3 is 15.0 Å². The number of ether oxygens (including phenoxy) is 1. The number of hydrogen-bond donors (Lipinski definition) is 1. The Kier molecular flexibility index (Phi) is 5.92. The van der Waals surface area contributed by atoms with Gasteiger partial charge in [-0.2, -0.15) is 5.10 Å². The number of benzene rings is 2. The van der Waals surface area contributed by atoms with Crippen molar-refractivity contribution in [3.05, 3.63) is 70.3 Å². The normalized spacial score (nSPS) is 13.0. The first kappa shape index (κ1) is 20.3. The predicted octanol–water partition coefficient (Wildman–Crippen LogP) is 3.99. The number of amides is 2. The zero-order valence-corrected chi connectivity index (χ0v) is 17.4. The minimum atomic E-state index is -0.237. The summed E-state index contributed by atoms with van der Waals surface area (Å²) in [5.74, 6) is 0.732. The second-order valence-corrected chi connectivity index (χ2v) is 7.49. The number of nitrogens with zero attached hydrogens (tertiary/aromatic N) is 3. The third kappa shape index (κ3) is 4.27. The molecule has 0 spiro atoms. The van der Waals surface area contributed by atoms with Gasteiger partial charge in [-0.05, 0) is 24.3 Å². The average Bonchev–Trinajstić information content (AvgIpc) is 3.16. The van der Waals surface area contributed by atoms with E-state index in [2.05, 4.69) is 10.4 Å². The van der Waals surface area contributed by atoms with Gasteiger partial charge in [0.1, 0.15) is 11.6 Å². The number of nitrogens with one attached hydrogen (secondary N) is 1. The molecule has 1 aromatic heterocycles. The summed E-state index contributed by atoms with van der Waals surface area (Å²) in [6.07, 6.45) is 1.71. The summed E-state index contributed by atoms with van der Waals surface area (Å²) in [6, 6.07) is 14.2. The molecular formula is C21H18Cl2N4O3. The molecule has 154 valence electrons. The van der Waals surface area contributed by atoms with E-state index in [0.717, 1.165) is 5.56 Å². The van der Waals surface area contributed by atoms with Gasteiger partial charge in [-0.1, -0.05) is 41.4 Å². The number of carbonyl (C=O) groups excluding carboxylic acids is 2. The van der Waals surface area contributed by atoms with Crippen molar-refractivity contribution in [3.8, 4) is 5.75 Å². The first-order chi connectivity index (χ1) is 14.5. The molecule has 2 amide bonds. The number of rotatable bonds is 6. The predicted molar refractivity (Wildman–Crippen MR) is 115 cm³/mol. The Hall–Kier alpha value is -3.03. The van der Waals surface area contributed by atoms with Crippen molar-refractivity contribution < 1.29 is 14.3 Å². The molecular weight excluding hydrogens is 427 g/mol. The summed E-state index contributed by atoms with van der Waals surface area (Å²) >= 11 is 12.5. The summed E-state index contributed by atoms with van der Waals surface area (Å²) < 4.78 is 7.04. The SMILES string of the molecule is O=C(CCN1C(=O)COc2ccccc21)Nc1ccnn1Cc1c(Cl)cccc1Cl. The first-order valence-corrected chi connectivity index (χ1v) is 10.1. The van der Waals surface area contributed by atoms with Gasteiger partial charge in [-0.25, -0.2) is 4.68 Å². The van der Waals surface area contributed by atoms with Crippen molar-refractivity contribution in [1.82, 2.24) is 9.78 Å². The largest absolute Gasteiger partial charge is 0.482 e. The van der Waals surface area contributed by atoms with E-state index in [1.807, 2.05) is 12.1 Å². The fraction of sp³-hybridized carbons (Fsp3) is 0.190. The molecule has 2 heterocycles. The summed E-state index contributed by atoms with van der Waals surface area (Å²) in [6.45, 7) is 0.524. The van der Waals surface area contributed by atoms with Gasteiger partial charge in [0.2, 0.25) is 5.91 Å². The van der Waals surface area contributed by atoms with Crippen LogP contribution in [0.5, 0.6) is 5.75 Å². The molecule has 1 N–H and O–H groups in total. The van der Waals surface area contributed by atoms with Crippen LogP contribution in [0.2, 0.25) is 10.0 Å². The van der Waals surface area contributed by atoms with Gasteiger partial charge in [0.25, 0.3) is 5.91 Å². The van der Waals surface area contributed by atoms with Gasteiger partial charge in [0, 0.05) is 34.6 Å². The van der Waals surface area contributed by atoms with Crippen LogP contribution in [0.4, 0.5) is 11.5 Å². The highest BCUT2D eigenvalue weighted by molar-refractivity contribution is 6.36. The Morgan fingerprint density at radius 2 is 1.87 bits per heavy atom. The third-order valence-electron chi connectivity index (χ3n) is 4.72. The maximum absolute atomic E-state index is 12.5. The average molecular weight is 445 g/mol. The van der Waals surface area contributed by atoms with E-state index in [1.165, 1.54) is 0 Å². The summed E-state index contributed by atoms with van der Waals surface area (Å²) in [5, 5.41) is 8.13. The van der Waals surface area contributed by atoms with Gasteiger partial charge in [-0.3, -0.25) is 9.59 Å². The summed E-state index contributed by atoms with van der Waals surface area (Å²) in [5.41, 5.74) is 1.38. The number of anilines is 2. The number of fused-ring (bicyclic) bond motifs is 1. The molecule has 0 unspecified atom stereocenters. The zero-order valence-electron chi connectivity index (χ0n) is 15.8. The molecule has 9 heteroatoms. The Bertz CT molecular complexity index is 1080. The molecule has 0 saturated carbocycles. The van der Waals surface area contributed by atoms with Crippen LogP contribution in [0.15, 0.2) is 54.7 Å². The molecule has 0 radical (unpaired) electrons. The number of halogens is 2. The minimum absolute atomic E-state index is 0.0377. The first-order valence-electron chi connectivity index (χ1n) is 9.29. The van der Waals surface area contributed by atoms with Crippen LogP contribution in [-0.2, 0) is 16.1 Å². The molecule has 0 saturated heterocycles. The Labute approximate surface area is 183 Å². The molecule has 2 aromatic carbocycles. The molecule has 0 bridgehead atoms. The Morgan fingerprint density at radius 1 is 1.10 bits per heavy atom. The molecule has 0 atom stereocenters. The van der Waals surface area contributed by atoms with Gasteiger partial charge in [0.05, 0.1) is 18.4 Å². The number of carbonyl (C=O) groups is 2. The quantitative estimate of drug-likeness (QED) is 0.623. The van der Waals surface area contributed by atoms with E-state index < -0.39 is 0 Å². The van der Waals surface area contributed by atoms with E-state index in [1.54, 1.807) is 52.2 Å². The van der Waals surface area contributed by atoms with Gasteiger partial charge in [-0.15, -0.1) is 0 Å². The lowest BCUT2D eigenvalue weighted by atomic mass is 10.2. The van der Waals surface area contributed by atoms with Crippen molar-refractivity contribution in [1.29, 1.82) is 0 Å². The van der Waals surface area contributed by atoms with Gasteiger partial charge in [0.15, 0.2) is 6.61 Å². The van der Waals surface area contributed by atoms with Crippen LogP contribution in [0, 0.1) is 0 Å². The maximum Gasteiger partial charge on any atom is 0.265 e. The highest BCUT2D eigenvalue weighted by atomic mass is 35.5. The van der Waals surface area contributed by atoms with Crippen molar-refractivity contribution in [2.75, 3.05) is 23.4 Å². The molecule has 1 aliphatic rings. The highest BCUT2D eigenvalue weighted by Crippen LogP contribution is 2.31. The maximum atomic E-state index is 12.5. The van der Waals surface area contributed by atoms with E-state index in [0.29, 0.717) is 33.8 Å². The molecule has 0 fully saturated rings. The fourth-order valence-electron chi connectivity index (χ4n) is 3.22. The fourth-order valence-corrected chi connectivity index (χ4v) is 3.73. The monoisotopic (exact) mass is 444 g/mol. The second-order valence-electron chi connectivity index (χ2n) is 6.67. The van der Waals surface area contributed by atoms with Gasteiger partial charge >= 0.3 is 0 Å². The number of hydrogen-bond acceptors (Lipinski definition) is 4. The lowest BCUT2D eigenvalue weighted by Gasteiger charge is -2.29. The Morgan fingerprint density at radius 3 is 2.67 bits per heavy atom. The molecule has 3 aromatic rings. The standard InChI is InChI=1S/C21H18Cl2N4O3/c22-15-4-3-5-16(23)14(15)12-27-19(8-10-24-27)25-20(28)9-11-26-17-6-1-2-7-18(17)30-13-21(26)29/h1-8,10H,9,11-13H2,(H,25,28). The molecule has 1 aliphatic heterocycles. The number of aromatic nitrogens is 2. The molecule has 7 nitrogen and oxygen atoms in total. The van der Waals surface area contributed by atoms with Crippen LogP contribution in [0.1, 0.15) is 12.0 Å². The smallest absolute Gasteiger partial charge is 0.265 e. The topological polar surface area (TPSA) is 76.5 Å². The minimum Gasteiger partial charge on any atom is -0.482 e. The van der Waals surface area contributed by atoms with E-state index in [9.17, 15) is 9.59 Å².